The number of carbonyl (C=O) groups is 3. The van der Waals surface area contributed by atoms with Crippen LogP contribution in [0.3, 0.4) is 0 Å². The predicted octanol–water partition coefficient (Wildman–Crippen LogP) is -0.360. The molecule has 0 radical (unpaired) electrons. The Morgan fingerprint density at radius 1 is 1.21 bits per heavy atom. The quantitative estimate of drug-likeness (QED) is 0.705. The van der Waals surface area contributed by atoms with Gasteiger partial charge < -0.3 is 19.5 Å². The molecule has 7 heteroatoms. The molecule has 1 amide bonds. The van der Waals surface area contributed by atoms with E-state index < -0.39 is 18.2 Å². The summed E-state index contributed by atoms with van der Waals surface area (Å²) in [5, 5.41) is 8.81. The van der Waals surface area contributed by atoms with E-state index in [1.54, 1.807) is 4.90 Å². The molecule has 0 aromatic rings. The van der Waals surface area contributed by atoms with Crippen molar-refractivity contribution < 1.29 is 29.0 Å². The number of hydrogen-bond donors (Lipinski definition) is 1. The molecule has 2 aliphatic rings. The normalized spacial score (nSPS) is 30.4. The summed E-state index contributed by atoms with van der Waals surface area (Å²) in [5.41, 5.74) is 0. The van der Waals surface area contributed by atoms with Crippen LogP contribution in [-0.4, -0.2) is 60.3 Å². The van der Waals surface area contributed by atoms with Crippen LogP contribution in [0.1, 0.15) is 19.3 Å². The Balaban J connectivity index is 1.88. The average Bonchev–Trinajstić information content (AvgIpc) is 3.05. The van der Waals surface area contributed by atoms with E-state index in [2.05, 4.69) is 4.74 Å². The number of methoxy groups -OCH3 is 1. The number of aliphatic carboxylic acids is 1. The van der Waals surface area contributed by atoms with Crippen LogP contribution in [0.5, 0.6) is 0 Å². The second kappa shape index (κ2) is 5.56. The summed E-state index contributed by atoms with van der Waals surface area (Å²) >= 11 is 0. The van der Waals surface area contributed by atoms with E-state index in [1.807, 2.05) is 0 Å². The molecule has 2 aliphatic heterocycles. The molecular formula is C12H17NO6. The van der Waals surface area contributed by atoms with E-state index in [-0.39, 0.29) is 17.8 Å². The zero-order valence-electron chi connectivity index (χ0n) is 10.7. The molecular weight excluding hydrogens is 254 g/mol. The number of carbonyl (C=O) groups excluding carboxylic acids is 2. The molecule has 0 spiro atoms. The standard InChI is InChI=1S/C12H17NO6/c1-18-12(17)7-4-5-13(6-7)10(14)8-2-3-9(19-8)11(15)16/h7-9H,2-6H2,1H3,(H,15,16)/t7?,8-,9+/m0/s1. The fraction of sp³-hybridized carbons (Fsp3) is 0.750. The van der Waals surface area contributed by atoms with Crippen LogP contribution >= 0.6 is 0 Å². The summed E-state index contributed by atoms with van der Waals surface area (Å²) in [6.07, 6.45) is -0.256. The second-order valence-electron chi connectivity index (χ2n) is 4.82. The van der Waals surface area contributed by atoms with Crippen LogP contribution in [0.4, 0.5) is 0 Å². The molecule has 2 fully saturated rings. The van der Waals surface area contributed by atoms with Crippen molar-refractivity contribution in [2.24, 2.45) is 5.92 Å². The van der Waals surface area contributed by atoms with Crippen molar-refractivity contribution in [3.05, 3.63) is 0 Å². The van der Waals surface area contributed by atoms with Crippen LogP contribution in [0.15, 0.2) is 0 Å². The number of likely N-dealkylation sites (tertiary alicyclic amines) is 1. The van der Waals surface area contributed by atoms with E-state index in [0.29, 0.717) is 32.4 Å². The smallest absolute Gasteiger partial charge is 0.332 e. The van der Waals surface area contributed by atoms with Gasteiger partial charge in [0.2, 0.25) is 0 Å². The van der Waals surface area contributed by atoms with Crippen molar-refractivity contribution in [3.8, 4) is 0 Å². The minimum atomic E-state index is -1.04. The highest BCUT2D eigenvalue weighted by molar-refractivity contribution is 5.84. The van der Waals surface area contributed by atoms with E-state index in [9.17, 15) is 14.4 Å². The first-order valence-electron chi connectivity index (χ1n) is 6.27. The number of nitrogens with zero attached hydrogens (tertiary/aromatic N) is 1. The van der Waals surface area contributed by atoms with E-state index in [4.69, 9.17) is 9.84 Å². The van der Waals surface area contributed by atoms with Gasteiger partial charge >= 0.3 is 11.9 Å². The Labute approximate surface area is 110 Å². The lowest BCUT2D eigenvalue weighted by Gasteiger charge is -2.20. The average molecular weight is 271 g/mol. The SMILES string of the molecule is COC(=O)C1CCN(C(=O)[C@@H]2CC[C@H](C(=O)O)O2)C1. The van der Waals surface area contributed by atoms with Crippen LogP contribution < -0.4 is 0 Å². The van der Waals surface area contributed by atoms with Crippen molar-refractivity contribution in [2.45, 2.75) is 31.5 Å². The van der Waals surface area contributed by atoms with Gasteiger partial charge in [0.05, 0.1) is 13.0 Å². The summed E-state index contributed by atoms with van der Waals surface area (Å²) in [5.74, 6) is -1.86. The van der Waals surface area contributed by atoms with Gasteiger partial charge in [-0.3, -0.25) is 9.59 Å². The van der Waals surface area contributed by atoms with Gasteiger partial charge in [-0.25, -0.2) is 4.79 Å². The molecule has 1 N–H and O–H groups in total. The number of hydrogen-bond acceptors (Lipinski definition) is 5. The Bertz CT molecular complexity index is 396. The predicted molar refractivity (Wildman–Crippen MR) is 62.2 cm³/mol. The lowest BCUT2D eigenvalue weighted by atomic mass is 10.1. The van der Waals surface area contributed by atoms with Gasteiger partial charge in [-0.05, 0) is 19.3 Å². The minimum Gasteiger partial charge on any atom is -0.479 e. The van der Waals surface area contributed by atoms with E-state index in [0.717, 1.165) is 0 Å². The van der Waals surface area contributed by atoms with E-state index >= 15 is 0 Å². The molecule has 0 saturated carbocycles. The number of amides is 1. The zero-order chi connectivity index (χ0) is 14.0. The summed E-state index contributed by atoms with van der Waals surface area (Å²) in [4.78, 5) is 35.8. The van der Waals surface area contributed by atoms with Crippen LogP contribution in [-0.2, 0) is 23.9 Å². The summed E-state index contributed by atoms with van der Waals surface area (Å²) < 4.78 is 9.86. The van der Waals surface area contributed by atoms with Crippen molar-refractivity contribution in [1.29, 1.82) is 0 Å². The fourth-order valence-corrected chi connectivity index (χ4v) is 2.52. The fourth-order valence-electron chi connectivity index (χ4n) is 2.52. The highest BCUT2D eigenvalue weighted by Crippen LogP contribution is 2.25. The van der Waals surface area contributed by atoms with Crippen LogP contribution in [0.25, 0.3) is 0 Å². The molecule has 3 atom stereocenters. The van der Waals surface area contributed by atoms with Gasteiger partial charge in [0.25, 0.3) is 5.91 Å². The molecule has 19 heavy (non-hydrogen) atoms. The molecule has 2 heterocycles. The number of ether oxygens (including phenoxy) is 2. The summed E-state index contributed by atoms with van der Waals surface area (Å²) in [6.45, 7) is 0.805. The Kier molecular flexibility index (Phi) is 4.04. The maximum atomic E-state index is 12.1. The highest BCUT2D eigenvalue weighted by Gasteiger charge is 2.40. The third kappa shape index (κ3) is 2.86. The number of esters is 1. The summed E-state index contributed by atoms with van der Waals surface area (Å²) in [6, 6.07) is 0. The molecule has 2 saturated heterocycles. The maximum Gasteiger partial charge on any atom is 0.332 e. The molecule has 0 bridgehead atoms. The van der Waals surface area contributed by atoms with Gasteiger partial charge in [0, 0.05) is 13.1 Å². The maximum absolute atomic E-state index is 12.1. The first-order valence-corrected chi connectivity index (χ1v) is 6.27. The zero-order valence-corrected chi connectivity index (χ0v) is 10.7. The second-order valence-corrected chi connectivity index (χ2v) is 4.82. The lowest BCUT2D eigenvalue weighted by Crippen LogP contribution is -2.38. The van der Waals surface area contributed by atoms with Crippen molar-refractivity contribution in [1.82, 2.24) is 4.90 Å². The molecule has 0 aromatic carbocycles. The lowest BCUT2D eigenvalue weighted by molar-refractivity contribution is -0.154. The van der Waals surface area contributed by atoms with Crippen LogP contribution in [0, 0.1) is 5.92 Å². The third-order valence-corrected chi connectivity index (χ3v) is 3.60. The third-order valence-electron chi connectivity index (χ3n) is 3.60. The Morgan fingerprint density at radius 3 is 2.47 bits per heavy atom. The van der Waals surface area contributed by atoms with E-state index in [1.165, 1.54) is 7.11 Å². The van der Waals surface area contributed by atoms with Gasteiger partial charge in [0.1, 0.15) is 6.10 Å². The highest BCUT2D eigenvalue weighted by atomic mass is 16.5. The van der Waals surface area contributed by atoms with Crippen molar-refractivity contribution >= 4 is 17.8 Å². The largest absolute Gasteiger partial charge is 0.479 e. The molecule has 106 valence electrons. The first-order chi connectivity index (χ1) is 9.02. The minimum absolute atomic E-state index is 0.227. The topological polar surface area (TPSA) is 93.1 Å². The van der Waals surface area contributed by atoms with Crippen molar-refractivity contribution in [3.63, 3.8) is 0 Å². The van der Waals surface area contributed by atoms with Gasteiger partial charge in [-0.1, -0.05) is 0 Å². The van der Waals surface area contributed by atoms with Gasteiger partial charge in [0.15, 0.2) is 6.10 Å². The van der Waals surface area contributed by atoms with Gasteiger partial charge in [-0.2, -0.15) is 0 Å². The first kappa shape index (κ1) is 13.8. The molecule has 0 aromatic heterocycles. The molecule has 1 unspecified atom stereocenters. The number of rotatable bonds is 3. The molecule has 7 nitrogen and oxygen atoms in total. The summed E-state index contributed by atoms with van der Waals surface area (Å²) in [7, 11) is 1.32. The molecule has 2 rings (SSSR count). The molecule has 0 aliphatic carbocycles. The number of carboxylic acids is 1. The van der Waals surface area contributed by atoms with Crippen molar-refractivity contribution in [2.75, 3.05) is 20.2 Å². The van der Waals surface area contributed by atoms with Gasteiger partial charge in [-0.15, -0.1) is 0 Å². The van der Waals surface area contributed by atoms with Crippen LogP contribution in [0.2, 0.25) is 0 Å². The number of carboxylic acid groups (broad SMARTS) is 1. The Morgan fingerprint density at radius 2 is 1.89 bits per heavy atom. The monoisotopic (exact) mass is 271 g/mol. The Hall–Kier alpha value is -1.63.